The molecule has 21 heavy (non-hydrogen) atoms. The summed E-state index contributed by atoms with van der Waals surface area (Å²) in [4.78, 5) is 13.3. The first-order valence-electron chi connectivity index (χ1n) is 7.67. The lowest BCUT2D eigenvalue weighted by Crippen LogP contribution is -2.36. The minimum atomic E-state index is -0.740. The molecule has 0 saturated carbocycles. The van der Waals surface area contributed by atoms with Gasteiger partial charge >= 0.3 is 5.97 Å². The van der Waals surface area contributed by atoms with Crippen LogP contribution >= 0.6 is 0 Å². The first-order chi connectivity index (χ1) is 10.0. The number of aryl methyl sites for hydroxylation is 1. The van der Waals surface area contributed by atoms with Crippen molar-refractivity contribution in [2.24, 2.45) is 5.92 Å². The van der Waals surface area contributed by atoms with Crippen molar-refractivity contribution in [3.8, 4) is 0 Å². The van der Waals surface area contributed by atoms with Gasteiger partial charge in [-0.15, -0.1) is 0 Å². The Bertz CT molecular complexity index is 452. The minimum absolute atomic E-state index is 0.247. The van der Waals surface area contributed by atoms with Crippen molar-refractivity contribution in [1.82, 2.24) is 4.90 Å². The van der Waals surface area contributed by atoms with Gasteiger partial charge in [0.1, 0.15) is 0 Å². The van der Waals surface area contributed by atoms with E-state index in [0.717, 1.165) is 32.5 Å². The van der Waals surface area contributed by atoms with Crippen LogP contribution in [-0.2, 0) is 16.1 Å². The van der Waals surface area contributed by atoms with Crippen LogP contribution in [0.4, 0.5) is 0 Å². The van der Waals surface area contributed by atoms with Gasteiger partial charge in [0.05, 0.1) is 12.0 Å². The Morgan fingerprint density at radius 2 is 2.14 bits per heavy atom. The Labute approximate surface area is 126 Å². The summed E-state index contributed by atoms with van der Waals surface area (Å²) in [5, 5.41) is 9.14. The van der Waals surface area contributed by atoms with E-state index in [0.29, 0.717) is 6.54 Å². The average Bonchev–Trinajstić information content (AvgIpc) is 2.94. The molecule has 1 aliphatic heterocycles. The molecule has 0 bridgehead atoms. The van der Waals surface area contributed by atoms with Gasteiger partial charge < -0.3 is 9.84 Å². The summed E-state index contributed by atoms with van der Waals surface area (Å²) in [6.45, 7) is 6.81. The molecule has 2 unspecified atom stereocenters. The Morgan fingerprint density at radius 3 is 2.71 bits per heavy atom. The van der Waals surface area contributed by atoms with Gasteiger partial charge in [0.15, 0.2) is 0 Å². The lowest BCUT2D eigenvalue weighted by Gasteiger charge is -2.27. The molecule has 0 aliphatic carbocycles. The van der Waals surface area contributed by atoms with E-state index in [9.17, 15) is 4.79 Å². The number of rotatable bonds is 7. The second kappa shape index (κ2) is 7.57. The summed E-state index contributed by atoms with van der Waals surface area (Å²) in [5.41, 5.74) is 2.46. The molecule has 1 fully saturated rings. The van der Waals surface area contributed by atoms with Gasteiger partial charge in [-0.25, -0.2) is 0 Å². The summed E-state index contributed by atoms with van der Waals surface area (Å²) in [6, 6.07) is 8.42. The molecule has 1 heterocycles. The number of hydrogen-bond donors (Lipinski definition) is 1. The Morgan fingerprint density at radius 1 is 1.43 bits per heavy atom. The van der Waals surface area contributed by atoms with E-state index in [1.54, 1.807) is 6.92 Å². The third kappa shape index (κ3) is 5.14. The van der Waals surface area contributed by atoms with Crippen LogP contribution < -0.4 is 0 Å². The smallest absolute Gasteiger partial charge is 0.307 e. The number of carboxylic acids is 1. The van der Waals surface area contributed by atoms with Crippen molar-refractivity contribution in [1.29, 1.82) is 0 Å². The highest BCUT2D eigenvalue weighted by Gasteiger charge is 2.22. The molecule has 4 nitrogen and oxygen atoms in total. The summed E-state index contributed by atoms with van der Waals surface area (Å²) in [6.07, 6.45) is 2.43. The molecule has 0 radical (unpaired) electrons. The van der Waals surface area contributed by atoms with Gasteiger partial charge in [-0.2, -0.15) is 0 Å². The highest BCUT2D eigenvalue weighted by Crippen LogP contribution is 2.16. The monoisotopic (exact) mass is 291 g/mol. The summed E-state index contributed by atoms with van der Waals surface area (Å²) >= 11 is 0. The molecule has 1 aromatic rings. The van der Waals surface area contributed by atoms with Gasteiger partial charge in [-0.1, -0.05) is 36.8 Å². The van der Waals surface area contributed by atoms with Crippen molar-refractivity contribution in [3.63, 3.8) is 0 Å². The van der Waals surface area contributed by atoms with Crippen LogP contribution in [0.5, 0.6) is 0 Å². The van der Waals surface area contributed by atoms with Crippen molar-refractivity contribution >= 4 is 5.97 Å². The Kier molecular flexibility index (Phi) is 5.76. The molecule has 1 aromatic carbocycles. The molecule has 4 heteroatoms. The SMILES string of the molecule is Cc1ccc(CN(CC2CCCO2)CC(C)C(=O)O)cc1. The van der Waals surface area contributed by atoms with Crippen LogP contribution in [0.25, 0.3) is 0 Å². The van der Waals surface area contributed by atoms with E-state index in [2.05, 4.69) is 36.1 Å². The maximum absolute atomic E-state index is 11.1. The van der Waals surface area contributed by atoms with Crippen molar-refractivity contribution in [2.45, 2.75) is 39.3 Å². The second-order valence-electron chi connectivity index (χ2n) is 6.05. The fraction of sp³-hybridized carbons (Fsp3) is 0.588. The predicted molar refractivity (Wildman–Crippen MR) is 82.2 cm³/mol. The van der Waals surface area contributed by atoms with Gasteiger partial charge in [0.2, 0.25) is 0 Å². The molecule has 1 saturated heterocycles. The highest BCUT2D eigenvalue weighted by atomic mass is 16.5. The molecule has 0 spiro atoms. The summed E-state index contributed by atoms with van der Waals surface area (Å²) in [7, 11) is 0. The zero-order valence-corrected chi connectivity index (χ0v) is 12.9. The molecule has 116 valence electrons. The Hall–Kier alpha value is -1.39. The topological polar surface area (TPSA) is 49.8 Å². The minimum Gasteiger partial charge on any atom is -0.481 e. The largest absolute Gasteiger partial charge is 0.481 e. The summed E-state index contributed by atoms with van der Waals surface area (Å²) < 4.78 is 5.69. The molecular formula is C17H25NO3. The zero-order valence-electron chi connectivity index (χ0n) is 12.9. The van der Waals surface area contributed by atoms with Crippen molar-refractivity contribution in [2.75, 3.05) is 19.7 Å². The third-order valence-corrected chi connectivity index (χ3v) is 3.97. The van der Waals surface area contributed by atoms with Gasteiger partial charge in [0, 0.05) is 26.2 Å². The molecule has 2 atom stereocenters. The maximum atomic E-state index is 11.1. The quantitative estimate of drug-likeness (QED) is 0.839. The fourth-order valence-corrected chi connectivity index (χ4v) is 2.70. The lowest BCUT2D eigenvalue weighted by atomic mass is 10.1. The highest BCUT2D eigenvalue weighted by molar-refractivity contribution is 5.69. The standard InChI is InChI=1S/C17H25NO3/c1-13-5-7-15(8-6-13)11-18(10-14(2)17(19)20)12-16-4-3-9-21-16/h5-8,14,16H,3-4,9-12H2,1-2H3,(H,19,20). The van der Waals surface area contributed by atoms with Crippen LogP contribution in [-0.4, -0.2) is 41.8 Å². The molecule has 1 N–H and O–H groups in total. The number of carbonyl (C=O) groups is 1. The van der Waals surface area contributed by atoms with Crippen LogP contribution in [0, 0.1) is 12.8 Å². The molecular weight excluding hydrogens is 266 g/mol. The van der Waals surface area contributed by atoms with Gasteiger partial charge in [-0.05, 0) is 25.3 Å². The summed E-state index contributed by atoms with van der Waals surface area (Å²) in [5.74, 6) is -1.10. The normalized spacial score (nSPS) is 19.9. The predicted octanol–water partition coefficient (Wildman–Crippen LogP) is 2.70. The molecule has 1 aliphatic rings. The molecule has 2 rings (SSSR count). The first-order valence-corrected chi connectivity index (χ1v) is 7.67. The maximum Gasteiger partial charge on any atom is 0.307 e. The Balaban J connectivity index is 1.99. The van der Waals surface area contributed by atoms with Gasteiger partial charge in [0.25, 0.3) is 0 Å². The number of carboxylic acid groups (broad SMARTS) is 1. The van der Waals surface area contributed by atoms with E-state index < -0.39 is 5.97 Å². The zero-order chi connectivity index (χ0) is 15.2. The van der Waals surface area contributed by atoms with Gasteiger partial charge in [-0.3, -0.25) is 9.69 Å². The van der Waals surface area contributed by atoms with Crippen LogP contribution in [0.15, 0.2) is 24.3 Å². The number of benzene rings is 1. The first kappa shape index (κ1) is 16.0. The van der Waals surface area contributed by atoms with E-state index >= 15 is 0 Å². The molecule has 0 amide bonds. The lowest BCUT2D eigenvalue weighted by molar-refractivity contribution is -0.141. The number of nitrogens with zero attached hydrogens (tertiary/aromatic N) is 1. The fourth-order valence-electron chi connectivity index (χ4n) is 2.70. The van der Waals surface area contributed by atoms with E-state index in [-0.39, 0.29) is 12.0 Å². The van der Waals surface area contributed by atoms with E-state index in [4.69, 9.17) is 9.84 Å². The second-order valence-corrected chi connectivity index (χ2v) is 6.05. The van der Waals surface area contributed by atoms with Crippen molar-refractivity contribution in [3.05, 3.63) is 35.4 Å². The number of ether oxygens (including phenoxy) is 1. The van der Waals surface area contributed by atoms with Crippen LogP contribution in [0.3, 0.4) is 0 Å². The number of hydrogen-bond acceptors (Lipinski definition) is 3. The van der Waals surface area contributed by atoms with E-state index in [1.165, 1.54) is 11.1 Å². The van der Waals surface area contributed by atoms with E-state index in [1.807, 2.05) is 0 Å². The number of aliphatic carboxylic acids is 1. The molecule has 0 aromatic heterocycles. The van der Waals surface area contributed by atoms with Crippen LogP contribution in [0.1, 0.15) is 30.9 Å². The average molecular weight is 291 g/mol. The third-order valence-electron chi connectivity index (χ3n) is 3.97. The van der Waals surface area contributed by atoms with Crippen LogP contribution in [0.2, 0.25) is 0 Å². The van der Waals surface area contributed by atoms with Crippen molar-refractivity contribution < 1.29 is 14.6 Å².